The molecule has 0 fully saturated rings. The van der Waals surface area contributed by atoms with Crippen LogP contribution in [-0.2, 0) is 28.9 Å². The molecule has 2 aromatic carbocycles. The Hall–Kier alpha value is -2.66. The first-order chi connectivity index (χ1) is 12.2. The van der Waals surface area contributed by atoms with Crippen LogP contribution in [0.25, 0.3) is 10.8 Å². The molecule has 4 nitrogen and oxygen atoms in total. The maximum atomic E-state index is 12.4. The molecule has 1 aliphatic rings. The first-order valence-corrected chi connectivity index (χ1v) is 9.10. The Labute approximate surface area is 149 Å². The largest absolute Gasteiger partial charge is 0.452 e. The third-order valence-electron chi connectivity index (χ3n) is 4.47. The summed E-state index contributed by atoms with van der Waals surface area (Å²) >= 11 is 1.57. The first kappa shape index (κ1) is 15.8. The number of thiophene rings is 1. The van der Waals surface area contributed by atoms with Crippen molar-refractivity contribution in [1.29, 1.82) is 0 Å². The number of hydrogen-bond acceptors (Lipinski definition) is 4. The molecule has 1 aromatic heterocycles. The van der Waals surface area contributed by atoms with Gasteiger partial charge in [-0.05, 0) is 52.3 Å². The summed E-state index contributed by atoms with van der Waals surface area (Å²) in [7, 11) is 0. The summed E-state index contributed by atoms with van der Waals surface area (Å²) in [6.07, 6.45) is 2.02. The Kier molecular flexibility index (Phi) is 4.24. The zero-order valence-corrected chi connectivity index (χ0v) is 14.4. The van der Waals surface area contributed by atoms with E-state index in [2.05, 4.69) is 11.4 Å². The fourth-order valence-corrected chi connectivity index (χ4v) is 3.93. The minimum absolute atomic E-state index is 0.271. The Balaban J connectivity index is 1.43. The quantitative estimate of drug-likeness (QED) is 0.716. The smallest absolute Gasteiger partial charge is 0.339 e. The number of nitrogens with one attached hydrogen (secondary N) is 1. The van der Waals surface area contributed by atoms with E-state index in [4.69, 9.17) is 4.74 Å². The SMILES string of the molecule is O=C(COC(=O)c1ccc2c3c(cccc13)CC2)NCc1cccs1. The maximum Gasteiger partial charge on any atom is 0.339 e. The van der Waals surface area contributed by atoms with Gasteiger partial charge < -0.3 is 10.1 Å². The molecule has 126 valence electrons. The van der Waals surface area contributed by atoms with Crippen molar-refractivity contribution in [2.24, 2.45) is 0 Å². The van der Waals surface area contributed by atoms with Gasteiger partial charge in [-0.1, -0.05) is 30.3 Å². The molecule has 3 aromatic rings. The van der Waals surface area contributed by atoms with Gasteiger partial charge in [0, 0.05) is 4.88 Å². The molecule has 0 saturated carbocycles. The number of rotatable bonds is 5. The molecule has 5 heteroatoms. The van der Waals surface area contributed by atoms with E-state index >= 15 is 0 Å². The van der Waals surface area contributed by atoms with Gasteiger partial charge in [0.05, 0.1) is 12.1 Å². The van der Waals surface area contributed by atoms with Gasteiger partial charge in [-0.15, -0.1) is 11.3 Å². The molecule has 25 heavy (non-hydrogen) atoms. The molecule has 0 atom stereocenters. The first-order valence-electron chi connectivity index (χ1n) is 8.22. The topological polar surface area (TPSA) is 55.4 Å². The van der Waals surface area contributed by atoms with E-state index in [9.17, 15) is 9.59 Å². The second-order valence-electron chi connectivity index (χ2n) is 6.04. The molecule has 0 spiro atoms. The molecule has 0 bridgehead atoms. The molecule has 1 heterocycles. The van der Waals surface area contributed by atoms with Crippen LogP contribution in [-0.4, -0.2) is 18.5 Å². The summed E-state index contributed by atoms with van der Waals surface area (Å²) < 4.78 is 5.22. The van der Waals surface area contributed by atoms with Crippen molar-refractivity contribution in [2.75, 3.05) is 6.61 Å². The van der Waals surface area contributed by atoms with Crippen molar-refractivity contribution in [3.8, 4) is 0 Å². The zero-order chi connectivity index (χ0) is 17.2. The summed E-state index contributed by atoms with van der Waals surface area (Å²) in [4.78, 5) is 25.4. The number of carbonyl (C=O) groups excluding carboxylic acids is 2. The average Bonchev–Trinajstić information content (AvgIpc) is 3.29. The van der Waals surface area contributed by atoms with E-state index in [1.54, 1.807) is 17.4 Å². The van der Waals surface area contributed by atoms with Crippen LogP contribution in [0.15, 0.2) is 47.8 Å². The van der Waals surface area contributed by atoms with Crippen molar-refractivity contribution in [2.45, 2.75) is 19.4 Å². The van der Waals surface area contributed by atoms with Gasteiger partial charge in [0.15, 0.2) is 6.61 Å². The van der Waals surface area contributed by atoms with Crippen molar-refractivity contribution in [3.63, 3.8) is 0 Å². The van der Waals surface area contributed by atoms with Crippen molar-refractivity contribution in [3.05, 3.63) is 69.4 Å². The van der Waals surface area contributed by atoms with Crippen LogP contribution in [0.1, 0.15) is 26.4 Å². The second kappa shape index (κ2) is 6.69. The van der Waals surface area contributed by atoms with Crippen LogP contribution in [0.4, 0.5) is 0 Å². The Bertz CT molecular complexity index is 937. The fourth-order valence-electron chi connectivity index (χ4n) is 3.28. The molecule has 0 unspecified atom stereocenters. The van der Waals surface area contributed by atoms with E-state index in [1.807, 2.05) is 35.7 Å². The lowest BCUT2D eigenvalue weighted by molar-refractivity contribution is -0.124. The fraction of sp³-hybridized carbons (Fsp3) is 0.200. The summed E-state index contributed by atoms with van der Waals surface area (Å²) in [6, 6.07) is 13.7. The van der Waals surface area contributed by atoms with Crippen LogP contribution in [0, 0.1) is 0 Å². The van der Waals surface area contributed by atoms with E-state index < -0.39 is 5.97 Å². The third kappa shape index (κ3) is 3.15. The van der Waals surface area contributed by atoms with Crippen LogP contribution in [0.5, 0.6) is 0 Å². The highest BCUT2D eigenvalue weighted by Gasteiger charge is 2.19. The van der Waals surface area contributed by atoms with Crippen molar-refractivity contribution >= 4 is 34.0 Å². The van der Waals surface area contributed by atoms with Crippen LogP contribution in [0.2, 0.25) is 0 Å². The van der Waals surface area contributed by atoms with Gasteiger partial charge in [-0.25, -0.2) is 4.79 Å². The lowest BCUT2D eigenvalue weighted by atomic mass is 10.00. The maximum absolute atomic E-state index is 12.4. The highest BCUT2D eigenvalue weighted by molar-refractivity contribution is 7.09. The normalized spacial score (nSPS) is 12.3. The molecule has 4 rings (SSSR count). The molecule has 1 aliphatic carbocycles. The third-order valence-corrected chi connectivity index (χ3v) is 5.35. The average molecular weight is 351 g/mol. The van der Waals surface area contributed by atoms with Gasteiger partial charge >= 0.3 is 5.97 Å². The molecule has 1 N–H and O–H groups in total. The van der Waals surface area contributed by atoms with Crippen LogP contribution >= 0.6 is 11.3 Å². The number of esters is 1. The van der Waals surface area contributed by atoms with Gasteiger partial charge in [0.2, 0.25) is 0 Å². The minimum Gasteiger partial charge on any atom is -0.452 e. The van der Waals surface area contributed by atoms with E-state index in [0.29, 0.717) is 12.1 Å². The summed E-state index contributed by atoms with van der Waals surface area (Å²) in [6.45, 7) is 0.183. The van der Waals surface area contributed by atoms with Crippen molar-refractivity contribution < 1.29 is 14.3 Å². The van der Waals surface area contributed by atoms with Gasteiger partial charge in [-0.2, -0.15) is 0 Å². The standard InChI is InChI=1S/C20H17NO3S/c22-18(21-11-15-4-2-10-25-15)12-24-20(23)17-9-8-14-7-6-13-3-1-5-16(17)19(13)14/h1-5,8-10H,6-7,11-12H2,(H,21,22). The van der Waals surface area contributed by atoms with E-state index in [0.717, 1.165) is 23.1 Å². The van der Waals surface area contributed by atoms with E-state index in [1.165, 1.54) is 16.5 Å². The Morgan fingerprint density at radius 3 is 2.68 bits per heavy atom. The monoisotopic (exact) mass is 351 g/mol. The Morgan fingerprint density at radius 1 is 1.04 bits per heavy atom. The summed E-state index contributed by atoms with van der Waals surface area (Å²) in [5.41, 5.74) is 3.07. The Morgan fingerprint density at radius 2 is 1.88 bits per heavy atom. The van der Waals surface area contributed by atoms with Crippen LogP contribution < -0.4 is 5.32 Å². The number of hydrogen-bond donors (Lipinski definition) is 1. The number of amides is 1. The molecular weight excluding hydrogens is 334 g/mol. The van der Waals surface area contributed by atoms with Crippen LogP contribution in [0.3, 0.4) is 0 Å². The molecule has 0 aliphatic heterocycles. The predicted octanol–water partition coefficient (Wildman–Crippen LogP) is 3.47. The van der Waals surface area contributed by atoms with Gasteiger partial charge in [-0.3, -0.25) is 4.79 Å². The van der Waals surface area contributed by atoms with Crippen molar-refractivity contribution in [1.82, 2.24) is 5.32 Å². The zero-order valence-electron chi connectivity index (χ0n) is 13.6. The molecule has 1 amide bonds. The number of benzene rings is 2. The second-order valence-corrected chi connectivity index (χ2v) is 7.08. The number of aryl methyl sites for hydroxylation is 2. The number of ether oxygens (including phenoxy) is 1. The molecular formula is C20H17NO3S. The summed E-state index contributed by atoms with van der Waals surface area (Å²) in [5.74, 6) is -0.755. The summed E-state index contributed by atoms with van der Waals surface area (Å²) in [5, 5.41) is 6.79. The number of carbonyl (C=O) groups is 2. The lowest BCUT2D eigenvalue weighted by Gasteiger charge is -2.09. The van der Waals surface area contributed by atoms with E-state index in [-0.39, 0.29) is 12.5 Å². The molecule has 0 radical (unpaired) electrons. The lowest BCUT2D eigenvalue weighted by Crippen LogP contribution is -2.28. The highest BCUT2D eigenvalue weighted by atomic mass is 32.1. The highest BCUT2D eigenvalue weighted by Crippen LogP contribution is 2.32. The predicted molar refractivity (Wildman–Crippen MR) is 97.8 cm³/mol. The minimum atomic E-state index is -0.457. The van der Waals surface area contributed by atoms with Gasteiger partial charge in [0.1, 0.15) is 0 Å². The molecule has 0 saturated heterocycles. The van der Waals surface area contributed by atoms with Gasteiger partial charge in [0.25, 0.3) is 5.91 Å².